The topological polar surface area (TPSA) is 32.8 Å². The lowest BCUT2D eigenvalue weighted by Gasteiger charge is -2.31. The van der Waals surface area contributed by atoms with Crippen LogP contribution >= 0.6 is 0 Å². The molecule has 13 heavy (non-hydrogen) atoms. The number of likely N-dealkylation sites (N-methyl/N-ethyl adjacent to an activating group) is 1. The zero-order valence-corrected chi connectivity index (χ0v) is 8.45. The first kappa shape index (κ1) is 10.5. The predicted molar refractivity (Wildman–Crippen MR) is 50.6 cm³/mol. The molecule has 0 N–H and O–H groups in total. The summed E-state index contributed by atoms with van der Waals surface area (Å²) in [7, 11) is 3.56. The highest BCUT2D eigenvalue weighted by Crippen LogP contribution is 2.01. The molecule has 0 aromatic heterocycles. The van der Waals surface area contributed by atoms with Crippen molar-refractivity contribution in [1.29, 1.82) is 0 Å². The second-order valence-corrected chi connectivity index (χ2v) is 3.44. The van der Waals surface area contributed by atoms with Gasteiger partial charge in [0.05, 0.1) is 6.54 Å². The lowest BCUT2D eigenvalue weighted by molar-refractivity contribution is -0.134. The summed E-state index contributed by atoms with van der Waals surface area (Å²) in [5.41, 5.74) is 0. The van der Waals surface area contributed by atoms with Crippen molar-refractivity contribution < 1.29 is 9.53 Å². The molecule has 1 heterocycles. The quantitative estimate of drug-likeness (QED) is 0.570. The van der Waals surface area contributed by atoms with E-state index >= 15 is 0 Å². The minimum absolute atomic E-state index is 0.226. The predicted octanol–water partition coefficient (Wildman–Crippen LogP) is -0.203. The summed E-state index contributed by atoms with van der Waals surface area (Å²) in [6, 6.07) is 0. The monoisotopic (exact) mass is 186 g/mol. The van der Waals surface area contributed by atoms with Gasteiger partial charge in [-0.15, -0.1) is 0 Å². The minimum atomic E-state index is 0.226. The number of ether oxygens (including phenoxy) is 1. The van der Waals surface area contributed by atoms with Crippen molar-refractivity contribution in [2.45, 2.75) is 6.42 Å². The van der Waals surface area contributed by atoms with Gasteiger partial charge in [-0.25, -0.2) is 0 Å². The van der Waals surface area contributed by atoms with Crippen molar-refractivity contribution in [3.63, 3.8) is 0 Å². The fraction of sp³-hybridized carbons (Fsp3) is 0.889. The summed E-state index contributed by atoms with van der Waals surface area (Å²) in [5, 5.41) is 0. The van der Waals surface area contributed by atoms with Crippen LogP contribution < -0.4 is 0 Å². The number of amides is 1. The third-order valence-electron chi connectivity index (χ3n) is 2.36. The van der Waals surface area contributed by atoms with Crippen molar-refractivity contribution in [1.82, 2.24) is 9.80 Å². The molecule has 0 radical (unpaired) electrons. The van der Waals surface area contributed by atoms with E-state index in [9.17, 15) is 4.79 Å². The number of carbonyl (C=O) groups is 1. The van der Waals surface area contributed by atoms with E-state index in [4.69, 9.17) is 4.74 Å². The summed E-state index contributed by atoms with van der Waals surface area (Å²) in [5.74, 6) is 0.226. The van der Waals surface area contributed by atoms with Crippen molar-refractivity contribution in [3.05, 3.63) is 0 Å². The van der Waals surface area contributed by atoms with E-state index < -0.39 is 0 Å². The number of piperazine rings is 1. The first-order chi connectivity index (χ1) is 6.24. The molecule has 0 aromatic carbocycles. The van der Waals surface area contributed by atoms with Crippen LogP contribution in [0.1, 0.15) is 6.42 Å². The average Bonchev–Trinajstić information content (AvgIpc) is 2.12. The van der Waals surface area contributed by atoms with Gasteiger partial charge >= 0.3 is 0 Å². The van der Waals surface area contributed by atoms with E-state index in [1.807, 2.05) is 7.05 Å². The molecule has 4 nitrogen and oxygen atoms in total. The van der Waals surface area contributed by atoms with Gasteiger partial charge in [0.25, 0.3) is 0 Å². The first-order valence-corrected chi connectivity index (χ1v) is 4.69. The van der Waals surface area contributed by atoms with Crippen LogP contribution in [0.15, 0.2) is 0 Å². The number of methoxy groups -OCH3 is 1. The van der Waals surface area contributed by atoms with Gasteiger partial charge in [0.15, 0.2) is 0 Å². The van der Waals surface area contributed by atoms with E-state index in [2.05, 4.69) is 4.90 Å². The van der Waals surface area contributed by atoms with Crippen LogP contribution in [0.2, 0.25) is 0 Å². The van der Waals surface area contributed by atoms with Gasteiger partial charge in [-0.3, -0.25) is 9.69 Å². The number of hydrogen-bond donors (Lipinski definition) is 0. The second kappa shape index (κ2) is 5.19. The van der Waals surface area contributed by atoms with Crippen LogP contribution in [0.3, 0.4) is 0 Å². The molecule has 1 aliphatic rings. The van der Waals surface area contributed by atoms with Crippen molar-refractivity contribution in [2.75, 3.05) is 46.9 Å². The molecule has 0 spiro atoms. The van der Waals surface area contributed by atoms with E-state index in [1.165, 1.54) is 0 Å². The fourth-order valence-corrected chi connectivity index (χ4v) is 1.43. The molecule has 76 valence electrons. The molecule has 0 atom stereocenters. The van der Waals surface area contributed by atoms with Gasteiger partial charge in [-0.2, -0.15) is 0 Å². The fourth-order valence-electron chi connectivity index (χ4n) is 1.43. The van der Waals surface area contributed by atoms with Crippen LogP contribution in [-0.4, -0.2) is 62.7 Å². The van der Waals surface area contributed by atoms with Crippen molar-refractivity contribution in [3.8, 4) is 0 Å². The molecule has 0 bridgehead atoms. The number of carbonyl (C=O) groups excluding carboxylic acids is 1. The molecular formula is C9H18N2O2. The highest BCUT2D eigenvalue weighted by Gasteiger charge is 2.19. The maximum absolute atomic E-state index is 11.3. The highest BCUT2D eigenvalue weighted by molar-refractivity contribution is 5.78. The maximum atomic E-state index is 11.3. The molecule has 1 aliphatic heterocycles. The van der Waals surface area contributed by atoms with Gasteiger partial charge in [-0.05, 0) is 6.42 Å². The van der Waals surface area contributed by atoms with Crippen LogP contribution in [0.4, 0.5) is 0 Å². The van der Waals surface area contributed by atoms with Gasteiger partial charge in [0.1, 0.15) is 0 Å². The number of rotatable bonds is 4. The zero-order chi connectivity index (χ0) is 9.68. The Kier molecular flexibility index (Phi) is 4.18. The Labute approximate surface area is 79.4 Å². The largest absolute Gasteiger partial charge is 0.385 e. The second-order valence-electron chi connectivity index (χ2n) is 3.44. The Morgan fingerprint density at radius 2 is 2.23 bits per heavy atom. The summed E-state index contributed by atoms with van der Waals surface area (Å²) < 4.78 is 4.96. The summed E-state index contributed by atoms with van der Waals surface area (Å²) in [6.45, 7) is 4.16. The molecular weight excluding hydrogens is 168 g/mol. The van der Waals surface area contributed by atoms with Crippen molar-refractivity contribution in [2.24, 2.45) is 0 Å². The molecule has 0 unspecified atom stereocenters. The standard InChI is InChI=1S/C9H18N2O2/c1-10-5-6-11(8-9(10)12)4-3-7-13-2/h3-8H2,1-2H3. The third kappa shape index (κ3) is 3.32. The van der Waals surface area contributed by atoms with Crippen molar-refractivity contribution >= 4 is 5.91 Å². The lowest BCUT2D eigenvalue weighted by atomic mass is 10.3. The minimum Gasteiger partial charge on any atom is -0.385 e. The van der Waals surface area contributed by atoms with Gasteiger partial charge < -0.3 is 9.64 Å². The molecule has 1 amide bonds. The van der Waals surface area contributed by atoms with Crippen LogP contribution in [0.25, 0.3) is 0 Å². The average molecular weight is 186 g/mol. The molecule has 0 aromatic rings. The molecule has 0 saturated carbocycles. The van der Waals surface area contributed by atoms with Gasteiger partial charge in [0.2, 0.25) is 5.91 Å². The maximum Gasteiger partial charge on any atom is 0.236 e. The zero-order valence-electron chi connectivity index (χ0n) is 8.45. The molecule has 0 aliphatic carbocycles. The Morgan fingerprint density at radius 1 is 1.46 bits per heavy atom. The van der Waals surface area contributed by atoms with Crippen LogP contribution in [0.5, 0.6) is 0 Å². The Morgan fingerprint density at radius 3 is 2.85 bits per heavy atom. The molecule has 4 heteroatoms. The van der Waals surface area contributed by atoms with E-state index in [-0.39, 0.29) is 5.91 Å². The van der Waals surface area contributed by atoms with Gasteiger partial charge in [-0.1, -0.05) is 0 Å². The van der Waals surface area contributed by atoms with Gasteiger partial charge in [0, 0.05) is 40.4 Å². The Hall–Kier alpha value is -0.610. The summed E-state index contributed by atoms with van der Waals surface area (Å²) in [4.78, 5) is 15.3. The van der Waals surface area contributed by atoms with Crippen LogP contribution in [-0.2, 0) is 9.53 Å². The summed E-state index contributed by atoms with van der Waals surface area (Å²) in [6.07, 6.45) is 1.01. The molecule has 1 fully saturated rings. The number of nitrogens with zero attached hydrogens (tertiary/aromatic N) is 2. The molecule has 1 saturated heterocycles. The number of hydrogen-bond acceptors (Lipinski definition) is 3. The van der Waals surface area contributed by atoms with Crippen LogP contribution in [0, 0.1) is 0 Å². The normalized spacial score (nSPS) is 19.5. The smallest absolute Gasteiger partial charge is 0.236 e. The molecule has 1 rings (SSSR count). The third-order valence-corrected chi connectivity index (χ3v) is 2.36. The van der Waals surface area contributed by atoms with E-state index in [1.54, 1.807) is 12.0 Å². The Bertz CT molecular complexity index is 173. The van der Waals surface area contributed by atoms with E-state index in [0.717, 1.165) is 32.7 Å². The summed E-state index contributed by atoms with van der Waals surface area (Å²) >= 11 is 0. The Balaban J connectivity index is 2.18. The SMILES string of the molecule is COCCCN1CCN(C)C(=O)C1. The van der Waals surface area contributed by atoms with E-state index in [0.29, 0.717) is 6.54 Å². The lowest BCUT2D eigenvalue weighted by Crippen LogP contribution is -2.48. The highest BCUT2D eigenvalue weighted by atomic mass is 16.5. The first-order valence-electron chi connectivity index (χ1n) is 4.69.